The van der Waals surface area contributed by atoms with E-state index in [1.165, 1.54) is 23.0 Å². The first-order valence-corrected chi connectivity index (χ1v) is 12.3. The molecule has 0 radical (unpaired) electrons. The summed E-state index contributed by atoms with van der Waals surface area (Å²) in [5.74, 6) is -1.32. The number of aromatic nitrogens is 5. The molecule has 0 aliphatic carbocycles. The zero-order valence-electron chi connectivity index (χ0n) is 21.4. The van der Waals surface area contributed by atoms with Crippen molar-refractivity contribution < 1.29 is 32.6 Å². The third kappa shape index (κ3) is 6.38. The monoisotopic (exact) mass is 560 g/mol. The lowest BCUT2D eigenvalue weighted by atomic mass is 10.0. The number of nitrogens with zero attached hydrogens (tertiary/aromatic N) is 5. The summed E-state index contributed by atoms with van der Waals surface area (Å²) in [6.45, 7) is 2.66. The van der Waals surface area contributed by atoms with Gasteiger partial charge in [-0.05, 0) is 30.2 Å². The second-order valence-corrected chi connectivity index (χ2v) is 8.60. The lowest BCUT2D eigenvalue weighted by Gasteiger charge is -2.13. The van der Waals surface area contributed by atoms with Gasteiger partial charge in [0.05, 0.1) is 30.7 Å². The molecule has 0 saturated carbocycles. The molecule has 0 aliphatic rings. The molecule has 40 heavy (non-hydrogen) atoms. The highest BCUT2D eigenvalue weighted by molar-refractivity contribution is 5.96. The van der Waals surface area contributed by atoms with Crippen LogP contribution in [0.1, 0.15) is 28.5 Å². The summed E-state index contributed by atoms with van der Waals surface area (Å²) < 4.78 is 48.6. The number of alkyl halides is 3. The van der Waals surface area contributed by atoms with Crippen LogP contribution in [-0.4, -0.2) is 67.4 Å². The molecule has 4 aromatic rings. The van der Waals surface area contributed by atoms with Crippen LogP contribution in [-0.2, 0) is 28.7 Å². The normalized spacial score (nSPS) is 11.6. The number of carboxylic acids is 1. The molecule has 1 amide bonds. The largest absolute Gasteiger partial charge is 0.480 e. The average Bonchev–Trinajstić information content (AvgIpc) is 3.52. The summed E-state index contributed by atoms with van der Waals surface area (Å²) in [6.07, 6.45) is 0.842. The Balaban J connectivity index is 1.61. The molecule has 0 atom stereocenters. The van der Waals surface area contributed by atoms with Gasteiger partial charge in [0.2, 0.25) is 0 Å². The molecule has 3 heterocycles. The number of carbonyl (C=O) groups excluding carboxylic acids is 1. The maximum Gasteiger partial charge on any atom is 0.435 e. The lowest BCUT2D eigenvalue weighted by molar-refractivity contribution is -0.142. The Hall–Kier alpha value is -4.50. The van der Waals surface area contributed by atoms with Gasteiger partial charge in [-0.1, -0.05) is 6.92 Å². The van der Waals surface area contributed by atoms with E-state index in [-0.39, 0.29) is 28.6 Å². The first-order valence-electron chi connectivity index (χ1n) is 12.3. The lowest BCUT2D eigenvalue weighted by Crippen LogP contribution is -2.28. The molecule has 0 fully saturated rings. The molecule has 0 aliphatic heterocycles. The van der Waals surface area contributed by atoms with Crippen molar-refractivity contribution in [2.24, 2.45) is 5.73 Å². The second kappa shape index (κ2) is 12.1. The molecule has 0 spiro atoms. The standard InChI is InChI=1S/C25H27F3N8O4/c1-2-15-11-16(3-4-17(15)24(39)31-7-10-40-9-5-29)33-22-23-32-12-19(36(23)8-6-30-22)18-13-35(14-20(37)38)34-21(18)25(26,27)28/h3-4,6,8,11-13H,2,5,7,9-10,14,29H2,1H3,(H,30,33)(H,31,39)(H,37,38). The number of halogens is 3. The Bertz CT molecular complexity index is 1520. The average molecular weight is 561 g/mol. The topological polar surface area (TPSA) is 162 Å². The number of imidazole rings is 1. The number of aliphatic carboxylic acids is 1. The van der Waals surface area contributed by atoms with Crippen molar-refractivity contribution in [1.82, 2.24) is 29.5 Å². The first-order chi connectivity index (χ1) is 19.1. The van der Waals surface area contributed by atoms with E-state index < -0.39 is 24.4 Å². The number of anilines is 2. The fourth-order valence-electron chi connectivity index (χ4n) is 4.08. The fraction of sp³-hybridized carbons (Fsp3) is 0.320. The van der Waals surface area contributed by atoms with Crippen LogP contribution < -0.4 is 16.4 Å². The van der Waals surface area contributed by atoms with Gasteiger partial charge in [0, 0.05) is 42.9 Å². The highest BCUT2D eigenvalue weighted by Crippen LogP contribution is 2.37. The van der Waals surface area contributed by atoms with Gasteiger partial charge in [0.1, 0.15) is 6.54 Å². The van der Waals surface area contributed by atoms with Crippen molar-refractivity contribution in [3.05, 3.63) is 59.8 Å². The molecule has 4 rings (SSSR count). The van der Waals surface area contributed by atoms with Crippen LogP contribution in [0.25, 0.3) is 16.9 Å². The summed E-state index contributed by atoms with van der Waals surface area (Å²) in [5.41, 5.74) is 5.97. The van der Waals surface area contributed by atoms with Crippen molar-refractivity contribution in [1.29, 1.82) is 0 Å². The molecule has 3 aromatic heterocycles. The zero-order valence-corrected chi connectivity index (χ0v) is 21.4. The second-order valence-electron chi connectivity index (χ2n) is 8.60. The van der Waals surface area contributed by atoms with Gasteiger partial charge in [-0.2, -0.15) is 18.3 Å². The number of benzene rings is 1. The predicted octanol–water partition coefficient (Wildman–Crippen LogP) is 2.71. The van der Waals surface area contributed by atoms with E-state index in [0.29, 0.717) is 44.0 Å². The van der Waals surface area contributed by atoms with Gasteiger partial charge in [-0.15, -0.1) is 0 Å². The van der Waals surface area contributed by atoms with E-state index in [1.54, 1.807) is 18.2 Å². The summed E-state index contributed by atoms with van der Waals surface area (Å²) in [7, 11) is 0. The maximum atomic E-state index is 13.7. The third-order valence-electron chi connectivity index (χ3n) is 5.82. The minimum absolute atomic E-state index is 0.0566. The number of aryl methyl sites for hydroxylation is 1. The van der Waals surface area contributed by atoms with Crippen molar-refractivity contribution in [2.75, 3.05) is 31.6 Å². The highest BCUT2D eigenvalue weighted by atomic mass is 19.4. The van der Waals surface area contributed by atoms with Gasteiger partial charge < -0.3 is 26.2 Å². The van der Waals surface area contributed by atoms with Crippen molar-refractivity contribution in [2.45, 2.75) is 26.1 Å². The van der Waals surface area contributed by atoms with Crippen LogP contribution in [0.5, 0.6) is 0 Å². The Labute approximate surface area is 226 Å². The predicted molar refractivity (Wildman–Crippen MR) is 138 cm³/mol. The number of carbonyl (C=O) groups is 2. The fourth-order valence-corrected chi connectivity index (χ4v) is 4.08. The van der Waals surface area contributed by atoms with Crippen molar-refractivity contribution >= 4 is 29.0 Å². The molecule has 212 valence electrons. The van der Waals surface area contributed by atoms with Crippen LogP contribution in [0.3, 0.4) is 0 Å². The molecular formula is C25H27F3N8O4. The molecule has 15 heteroatoms. The Morgan fingerprint density at radius 2 is 2.00 bits per heavy atom. The van der Waals surface area contributed by atoms with Crippen LogP contribution in [0.4, 0.5) is 24.7 Å². The molecule has 5 N–H and O–H groups in total. The van der Waals surface area contributed by atoms with Crippen LogP contribution in [0, 0.1) is 0 Å². The smallest absolute Gasteiger partial charge is 0.435 e. The summed E-state index contributed by atoms with van der Waals surface area (Å²) in [5, 5.41) is 18.4. The van der Waals surface area contributed by atoms with Crippen molar-refractivity contribution in [3.8, 4) is 11.3 Å². The number of ether oxygens (including phenoxy) is 1. The minimum atomic E-state index is -4.82. The number of nitrogens with one attached hydrogen (secondary N) is 2. The Morgan fingerprint density at radius 1 is 1.20 bits per heavy atom. The number of hydrogen-bond acceptors (Lipinski definition) is 8. The zero-order chi connectivity index (χ0) is 28.9. The number of hydrogen-bond donors (Lipinski definition) is 4. The van der Waals surface area contributed by atoms with Crippen LogP contribution in [0.2, 0.25) is 0 Å². The number of fused-ring (bicyclic) bond motifs is 1. The van der Waals surface area contributed by atoms with Gasteiger partial charge in [-0.25, -0.2) is 9.97 Å². The number of amides is 1. The van der Waals surface area contributed by atoms with E-state index in [0.717, 1.165) is 16.4 Å². The number of nitrogens with two attached hydrogens (primary N) is 1. The van der Waals surface area contributed by atoms with E-state index in [2.05, 4.69) is 25.7 Å². The molecule has 0 unspecified atom stereocenters. The summed E-state index contributed by atoms with van der Waals surface area (Å²) >= 11 is 0. The van der Waals surface area contributed by atoms with Gasteiger partial charge >= 0.3 is 12.1 Å². The van der Waals surface area contributed by atoms with Crippen LogP contribution in [0.15, 0.2) is 43.0 Å². The minimum Gasteiger partial charge on any atom is -0.480 e. The SMILES string of the molecule is CCc1cc(Nc2nccn3c(-c4cn(CC(=O)O)nc4C(F)(F)F)cnc23)ccc1C(=O)NCCOCCN. The first kappa shape index (κ1) is 28.5. The van der Waals surface area contributed by atoms with E-state index in [9.17, 15) is 22.8 Å². The molecule has 0 saturated heterocycles. The highest BCUT2D eigenvalue weighted by Gasteiger charge is 2.38. The van der Waals surface area contributed by atoms with Gasteiger partial charge in [0.25, 0.3) is 5.91 Å². The van der Waals surface area contributed by atoms with E-state index in [4.69, 9.17) is 15.6 Å². The number of rotatable bonds is 12. The molecule has 1 aromatic carbocycles. The summed E-state index contributed by atoms with van der Waals surface area (Å²) in [4.78, 5) is 32.2. The molecular weight excluding hydrogens is 533 g/mol. The van der Waals surface area contributed by atoms with Gasteiger partial charge in [0.15, 0.2) is 17.2 Å². The molecule has 0 bridgehead atoms. The Kier molecular flexibility index (Phi) is 8.64. The summed E-state index contributed by atoms with van der Waals surface area (Å²) in [6, 6.07) is 5.14. The third-order valence-corrected chi connectivity index (χ3v) is 5.82. The van der Waals surface area contributed by atoms with Crippen molar-refractivity contribution in [3.63, 3.8) is 0 Å². The quantitative estimate of drug-likeness (QED) is 0.191. The van der Waals surface area contributed by atoms with E-state index >= 15 is 0 Å². The molecule has 12 nitrogen and oxygen atoms in total. The van der Waals surface area contributed by atoms with Gasteiger partial charge in [-0.3, -0.25) is 18.7 Å². The van der Waals surface area contributed by atoms with Crippen LogP contribution >= 0.6 is 0 Å². The van der Waals surface area contributed by atoms with E-state index in [1.807, 2.05) is 6.92 Å². The maximum absolute atomic E-state index is 13.7. The Morgan fingerprint density at radius 3 is 2.70 bits per heavy atom. The number of carboxylic acid groups (broad SMARTS) is 1.